The zero-order valence-corrected chi connectivity index (χ0v) is 12.7. The van der Waals surface area contributed by atoms with Gasteiger partial charge in [0.05, 0.1) is 5.69 Å². The summed E-state index contributed by atoms with van der Waals surface area (Å²) in [5, 5.41) is 0.666. The number of halogens is 1. The molecule has 0 spiro atoms. The fourth-order valence-electron chi connectivity index (χ4n) is 2.03. The van der Waals surface area contributed by atoms with E-state index >= 15 is 0 Å². The average Bonchev–Trinajstić information content (AvgIpc) is 2.85. The summed E-state index contributed by atoms with van der Waals surface area (Å²) in [5.41, 5.74) is 8.59. The maximum atomic E-state index is 12.2. The van der Waals surface area contributed by atoms with Gasteiger partial charge in [-0.3, -0.25) is 4.21 Å². The molecule has 2 aromatic carbocycles. The van der Waals surface area contributed by atoms with Crippen molar-refractivity contribution in [2.75, 3.05) is 5.73 Å². The summed E-state index contributed by atoms with van der Waals surface area (Å²) in [6.45, 7) is 0. The second-order valence-electron chi connectivity index (χ2n) is 4.66. The molecule has 1 unspecified atom stereocenters. The quantitative estimate of drug-likeness (QED) is 0.747. The van der Waals surface area contributed by atoms with Crippen LogP contribution in [0.3, 0.4) is 0 Å². The molecule has 0 aliphatic heterocycles. The predicted octanol–water partition coefficient (Wildman–Crippen LogP) is 3.51. The minimum Gasteiger partial charge on any atom is -0.440 e. The van der Waals surface area contributed by atoms with E-state index in [4.69, 9.17) is 21.8 Å². The largest absolute Gasteiger partial charge is 0.440 e. The molecule has 0 saturated heterocycles. The van der Waals surface area contributed by atoms with Crippen molar-refractivity contribution in [3.8, 4) is 0 Å². The molecule has 0 amide bonds. The molecule has 0 bridgehead atoms. The molecule has 6 heteroatoms. The van der Waals surface area contributed by atoms with E-state index in [1.54, 1.807) is 30.3 Å². The molecule has 1 aromatic heterocycles. The Morgan fingerprint density at radius 1 is 1.14 bits per heavy atom. The zero-order valence-electron chi connectivity index (χ0n) is 11.1. The van der Waals surface area contributed by atoms with Crippen molar-refractivity contribution in [3.63, 3.8) is 0 Å². The van der Waals surface area contributed by atoms with Crippen LogP contribution in [0.15, 0.2) is 46.9 Å². The Bertz CT molecular complexity index is 799. The van der Waals surface area contributed by atoms with Gasteiger partial charge in [0.25, 0.3) is 0 Å². The van der Waals surface area contributed by atoms with Gasteiger partial charge in [-0.15, -0.1) is 0 Å². The van der Waals surface area contributed by atoms with E-state index in [1.807, 2.05) is 12.1 Å². The Morgan fingerprint density at radius 2 is 1.90 bits per heavy atom. The second-order valence-corrected chi connectivity index (χ2v) is 6.55. The predicted molar refractivity (Wildman–Crippen MR) is 85.4 cm³/mol. The van der Waals surface area contributed by atoms with Crippen molar-refractivity contribution in [1.82, 2.24) is 4.98 Å². The van der Waals surface area contributed by atoms with Crippen molar-refractivity contribution in [3.05, 3.63) is 58.9 Å². The highest BCUT2D eigenvalue weighted by atomic mass is 35.5. The van der Waals surface area contributed by atoms with Crippen molar-refractivity contribution in [1.29, 1.82) is 0 Å². The molecule has 0 aliphatic carbocycles. The first kappa shape index (κ1) is 14.1. The smallest absolute Gasteiger partial charge is 0.208 e. The van der Waals surface area contributed by atoms with Gasteiger partial charge in [0.2, 0.25) is 5.89 Å². The van der Waals surface area contributed by atoms with Crippen LogP contribution in [0.4, 0.5) is 5.69 Å². The normalized spacial score (nSPS) is 12.6. The zero-order chi connectivity index (χ0) is 14.8. The minimum absolute atomic E-state index is 0.261. The number of hydrogen-bond acceptors (Lipinski definition) is 4. The van der Waals surface area contributed by atoms with Crippen LogP contribution in [0.5, 0.6) is 0 Å². The van der Waals surface area contributed by atoms with Crippen LogP contribution in [0.2, 0.25) is 5.02 Å². The lowest BCUT2D eigenvalue weighted by molar-refractivity contribution is 0.552. The molecule has 3 rings (SSSR count). The highest BCUT2D eigenvalue weighted by molar-refractivity contribution is 7.83. The number of anilines is 1. The van der Waals surface area contributed by atoms with Crippen molar-refractivity contribution in [2.24, 2.45) is 0 Å². The van der Waals surface area contributed by atoms with E-state index in [2.05, 4.69) is 4.98 Å². The molecular weight excluding hydrogens is 308 g/mol. The average molecular weight is 321 g/mol. The van der Waals surface area contributed by atoms with Gasteiger partial charge < -0.3 is 10.2 Å². The summed E-state index contributed by atoms with van der Waals surface area (Å²) in [7, 11) is -1.10. The van der Waals surface area contributed by atoms with Gasteiger partial charge in [0, 0.05) is 21.6 Å². The SMILES string of the molecule is Nc1cccc2oc(CS(=O)Cc3ccc(Cl)cc3)nc12. The summed E-state index contributed by atoms with van der Waals surface area (Å²) in [5.74, 6) is 1.14. The monoisotopic (exact) mass is 320 g/mol. The number of para-hydroxylation sites is 1. The van der Waals surface area contributed by atoms with E-state index < -0.39 is 10.8 Å². The standard InChI is InChI=1S/C15H13ClN2O2S/c16-11-6-4-10(5-7-11)8-21(19)9-14-18-15-12(17)2-1-3-13(15)20-14/h1-7H,8-9,17H2. The number of nitrogens with zero attached hydrogens (tertiary/aromatic N) is 1. The number of oxazole rings is 1. The van der Waals surface area contributed by atoms with Crippen LogP contribution >= 0.6 is 11.6 Å². The topological polar surface area (TPSA) is 69.1 Å². The second kappa shape index (κ2) is 5.87. The van der Waals surface area contributed by atoms with Gasteiger partial charge in [0.15, 0.2) is 5.58 Å². The Morgan fingerprint density at radius 3 is 2.62 bits per heavy atom. The summed E-state index contributed by atoms with van der Waals surface area (Å²) in [4.78, 5) is 4.30. The maximum absolute atomic E-state index is 12.2. The number of fused-ring (bicyclic) bond motifs is 1. The van der Waals surface area contributed by atoms with Crippen LogP contribution in [-0.4, -0.2) is 9.19 Å². The van der Waals surface area contributed by atoms with Crippen molar-refractivity contribution >= 4 is 39.2 Å². The fourth-order valence-corrected chi connectivity index (χ4v) is 3.22. The summed E-state index contributed by atoms with van der Waals surface area (Å²) in [6.07, 6.45) is 0. The Kier molecular flexibility index (Phi) is 3.94. The van der Waals surface area contributed by atoms with Crippen LogP contribution in [0, 0.1) is 0 Å². The van der Waals surface area contributed by atoms with Crippen LogP contribution in [0.25, 0.3) is 11.1 Å². The lowest BCUT2D eigenvalue weighted by atomic mass is 10.2. The molecule has 1 heterocycles. The number of nitrogen functional groups attached to an aromatic ring is 1. The molecule has 0 aliphatic rings. The summed E-state index contributed by atoms with van der Waals surface area (Å²) in [6, 6.07) is 12.7. The van der Waals surface area contributed by atoms with Crippen LogP contribution in [-0.2, 0) is 22.3 Å². The first-order chi connectivity index (χ1) is 10.1. The van der Waals surface area contributed by atoms with Gasteiger partial charge in [0.1, 0.15) is 11.3 Å². The van der Waals surface area contributed by atoms with Crippen LogP contribution < -0.4 is 5.73 Å². The van der Waals surface area contributed by atoms with E-state index in [1.165, 1.54) is 0 Å². The Labute approximate surface area is 129 Å². The first-order valence-electron chi connectivity index (χ1n) is 6.35. The molecular formula is C15H13ClN2O2S. The number of aromatic nitrogens is 1. The highest BCUT2D eigenvalue weighted by Gasteiger charge is 2.11. The van der Waals surface area contributed by atoms with Crippen molar-refractivity contribution < 1.29 is 8.63 Å². The van der Waals surface area contributed by atoms with E-state index in [-0.39, 0.29) is 5.75 Å². The fraction of sp³-hybridized carbons (Fsp3) is 0.133. The van der Waals surface area contributed by atoms with Crippen LogP contribution in [0.1, 0.15) is 11.5 Å². The molecule has 2 N–H and O–H groups in total. The molecule has 0 fully saturated rings. The minimum atomic E-state index is -1.10. The van der Waals surface area contributed by atoms with Crippen molar-refractivity contribution in [2.45, 2.75) is 11.5 Å². The number of nitrogens with two attached hydrogens (primary N) is 1. The first-order valence-corrected chi connectivity index (χ1v) is 8.22. The summed E-state index contributed by atoms with van der Waals surface area (Å²) < 4.78 is 17.7. The third-order valence-electron chi connectivity index (χ3n) is 3.02. The van der Waals surface area contributed by atoms with Gasteiger partial charge >= 0.3 is 0 Å². The van der Waals surface area contributed by atoms with E-state index in [9.17, 15) is 4.21 Å². The maximum Gasteiger partial charge on any atom is 0.208 e. The lowest BCUT2D eigenvalue weighted by Crippen LogP contribution is -1.99. The number of benzene rings is 2. The van der Waals surface area contributed by atoms with Gasteiger partial charge in [-0.25, -0.2) is 4.98 Å². The third kappa shape index (κ3) is 3.25. The number of hydrogen-bond donors (Lipinski definition) is 1. The molecule has 0 saturated carbocycles. The molecule has 4 nitrogen and oxygen atoms in total. The molecule has 21 heavy (non-hydrogen) atoms. The molecule has 0 radical (unpaired) electrons. The number of rotatable bonds is 4. The molecule has 3 aromatic rings. The third-order valence-corrected chi connectivity index (χ3v) is 4.50. The van der Waals surface area contributed by atoms with Gasteiger partial charge in [-0.1, -0.05) is 29.8 Å². The van der Waals surface area contributed by atoms with Gasteiger partial charge in [-0.2, -0.15) is 0 Å². The lowest BCUT2D eigenvalue weighted by Gasteiger charge is -2.00. The summed E-state index contributed by atoms with van der Waals surface area (Å²) >= 11 is 5.83. The highest BCUT2D eigenvalue weighted by Crippen LogP contribution is 2.22. The van der Waals surface area contributed by atoms with E-state index in [0.29, 0.717) is 33.5 Å². The Balaban J connectivity index is 1.74. The Hall–Kier alpha value is -1.85. The van der Waals surface area contributed by atoms with E-state index in [0.717, 1.165) is 5.56 Å². The molecule has 1 atom stereocenters. The molecule has 108 valence electrons. The van der Waals surface area contributed by atoms with Gasteiger partial charge in [-0.05, 0) is 29.8 Å².